The highest BCUT2D eigenvalue weighted by Crippen LogP contribution is 2.21. The Labute approximate surface area is 93.0 Å². The maximum atomic E-state index is 10.4. The number of pyridine rings is 1. The van der Waals surface area contributed by atoms with Gasteiger partial charge in [-0.05, 0) is 25.3 Å². The van der Waals surface area contributed by atoms with Gasteiger partial charge in [-0.1, -0.05) is 0 Å². The number of nitro groups is 1. The second kappa shape index (κ2) is 4.44. The van der Waals surface area contributed by atoms with Crippen LogP contribution in [0, 0.1) is 10.1 Å². The van der Waals surface area contributed by atoms with Crippen molar-refractivity contribution in [2.45, 2.75) is 31.3 Å². The molecule has 1 heterocycles. The van der Waals surface area contributed by atoms with E-state index in [1.165, 1.54) is 12.3 Å². The van der Waals surface area contributed by atoms with Crippen molar-refractivity contribution in [1.82, 2.24) is 4.98 Å². The van der Waals surface area contributed by atoms with Crippen LogP contribution in [-0.2, 0) is 0 Å². The first kappa shape index (κ1) is 10.8. The largest absolute Gasteiger partial charge is 0.366 e. The minimum Gasteiger partial charge on any atom is -0.366 e. The highest BCUT2D eigenvalue weighted by atomic mass is 16.6. The molecule has 2 atom stereocenters. The standard InChI is InChI=1S/C10H14N4O2/c11-8-2-1-3-9(8)13-10-5-4-7(6-12-10)14(15)16/h4-6,8-9H,1-3,11H2,(H,12,13). The molecule has 0 aromatic carbocycles. The maximum absolute atomic E-state index is 10.4. The summed E-state index contributed by atoms with van der Waals surface area (Å²) in [6, 6.07) is 3.44. The molecule has 1 aliphatic carbocycles. The third kappa shape index (κ3) is 2.27. The van der Waals surface area contributed by atoms with E-state index in [4.69, 9.17) is 5.73 Å². The predicted octanol–water partition coefficient (Wildman–Crippen LogP) is 1.28. The lowest BCUT2D eigenvalue weighted by Crippen LogP contribution is -2.35. The summed E-state index contributed by atoms with van der Waals surface area (Å²) in [6.45, 7) is 0. The zero-order valence-electron chi connectivity index (χ0n) is 8.80. The van der Waals surface area contributed by atoms with Crippen LogP contribution in [-0.4, -0.2) is 22.0 Å². The number of hydrogen-bond acceptors (Lipinski definition) is 5. The van der Waals surface area contributed by atoms with E-state index in [0.717, 1.165) is 19.3 Å². The molecule has 1 aromatic rings. The van der Waals surface area contributed by atoms with Crippen LogP contribution < -0.4 is 11.1 Å². The highest BCUT2D eigenvalue weighted by molar-refractivity contribution is 5.41. The molecule has 2 rings (SSSR count). The molecular formula is C10H14N4O2. The van der Waals surface area contributed by atoms with Crippen LogP contribution >= 0.6 is 0 Å². The molecule has 3 N–H and O–H groups in total. The first-order valence-electron chi connectivity index (χ1n) is 5.29. The topological polar surface area (TPSA) is 94.1 Å². The molecule has 0 saturated heterocycles. The Morgan fingerprint density at radius 3 is 2.81 bits per heavy atom. The summed E-state index contributed by atoms with van der Waals surface area (Å²) in [5, 5.41) is 13.6. The van der Waals surface area contributed by atoms with Crippen molar-refractivity contribution < 1.29 is 4.92 Å². The lowest BCUT2D eigenvalue weighted by molar-refractivity contribution is -0.385. The number of nitrogens with one attached hydrogen (secondary N) is 1. The monoisotopic (exact) mass is 222 g/mol. The van der Waals surface area contributed by atoms with Crippen LogP contribution in [0.2, 0.25) is 0 Å². The SMILES string of the molecule is NC1CCCC1Nc1ccc([N+](=O)[O-])cn1. The van der Waals surface area contributed by atoms with Crippen molar-refractivity contribution in [3.05, 3.63) is 28.4 Å². The first-order chi connectivity index (χ1) is 7.66. The number of aromatic nitrogens is 1. The molecule has 0 spiro atoms. The van der Waals surface area contributed by atoms with Crippen molar-refractivity contribution in [3.8, 4) is 0 Å². The van der Waals surface area contributed by atoms with Crippen LogP contribution in [0.3, 0.4) is 0 Å². The van der Waals surface area contributed by atoms with Crippen molar-refractivity contribution >= 4 is 11.5 Å². The van der Waals surface area contributed by atoms with Gasteiger partial charge < -0.3 is 11.1 Å². The summed E-state index contributed by atoms with van der Waals surface area (Å²) in [6.07, 6.45) is 4.42. The third-order valence-corrected chi connectivity index (χ3v) is 2.86. The molecule has 2 unspecified atom stereocenters. The van der Waals surface area contributed by atoms with E-state index in [0.29, 0.717) is 5.82 Å². The predicted molar refractivity (Wildman–Crippen MR) is 60.1 cm³/mol. The minimum atomic E-state index is -0.460. The quantitative estimate of drug-likeness (QED) is 0.593. The number of hydrogen-bond donors (Lipinski definition) is 2. The Balaban J connectivity index is 2.02. The average molecular weight is 222 g/mol. The van der Waals surface area contributed by atoms with Crippen LogP contribution in [0.15, 0.2) is 18.3 Å². The van der Waals surface area contributed by atoms with Gasteiger partial charge in [-0.25, -0.2) is 4.98 Å². The second-order valence-corrected chi connectivity index (χ2v) is 4.00. The van der Waals surface area contributed by atoms with Gasteiger partial charge >= 0.3 is 0 Å². The summed E-state index contributed by atoms with van der Waals surface area (Å²) in [7, 11) is 0. The van der Waals surface area contributed by atoms with E-state index in [-0.39, 0.29) is 17.8 Å². The number of rotatable bonds is 3. The van der Waals surface area contributed by atoms with Gasteiger partial charge in [0.25, 0.3) is 5.69 Å². The Bertz CT molecular complexity index is 379. The fourth-order valence-corrected chi connectivity index (χ4v) is 1.94. The molecule has 0 radical (unpaired) electrons. The Morgan fingerprint density at radius 1 is 1.50 bits per heavy atom. The normalized spacial score (nSPS) is 24.3. The molecule has 16 heavy (non-hydrogen) atoms. The van der Waals surface area contributed by atoms with Gasteiger partial charge in [0.1, 0.15) is 12.0 Å². The Hall–Kier alpha value is -1.69. The van der Waals surface area contributed by atoms with Crippen molar-refractivity contribution in [2.24, 2.45) is 5.73 Å². The molecule has 1 aromatic heterocycles. The van der Waals surface area contributed by atoms with Gasteiger partial charge in [-0.15, -0.1) is 0 Å². The minimum absolute atomic E-state index is 0.00118. The van der Waals surface area contributed by atoms with E-state index in [1.807, 2.05) is 0 Å². The molecule has 86 valence electrons. The van der Waals surface area contributed by atoms with Gasteiger partial charge in [0, 0.05) is 18.2 Å². The summed E-state index contributed by atoms with van der Waals surface area (Å²) in [5.41, 5.74) is 5.91. The number of nitrogens with two attached hydrogens (primary N) is 1. The number of nitrogens with zero attached hydrogens (tertiary/aromatic N) is 2. The molecular weight excluding hydrogens is 208 g/mol. The fraction of sp³-hybridized carbons (Fsp3) is 0.500. The zero-order chi connectivity index (χ0) is 11.5. The van der Waals surface area contributed by atoms with Gasteiger partial charge in [0.15, 0.2) is 0 Å². The molecule has 0 aliphatic heterocycles. The molecule has 1 aliphatic rings. The smallest absolute Gasteiger partial charge is 0.287 e. The lowest BCUT2D eigenvalue weighted by Gasteiger charge is -2.17. The zero-order valence-corrected chi connectivity index (χ0v) is 8.80. The summed E-state index contributed by atoms with van der Waals surface area (Å²) >= 11 is 0. The summed E-state index contributed by atoms with van der Waals surface area (Å²) in [4.78, 5) is 14.0. The van der Waals surface area contributed by atoms with Gasteiger partial charge in [-0.2, -0.15) is 0 Å². The van der Waals surface area contributed by atoms with Gasteiger partial charge in [0.05, 0.1) is 4.92 Å². The number of anilines is 1. The van der Waals surface area contributed by atoms with Crippen LogP contribution in [0.25, 0.3) is 0 Å². The highest BCUT2D eigenvalue weighted by Gasteiger charge is 2.23. The molecule has 6 heteroatoms. The maximum Gasteiger partial charge on any atom is 0.287 e. The summed E-state index contributed by atoms with van der Waals surface area (Å²) < 4.78 is 0. The fourth-order valence-electron chi connectivity index (χ4n) is 1.94. The van der Waals surface area contributed by atoms with Crippen LogP contribution in [0.5, 0.6) is 0 Å². The van der Waals surface area contributed by atoms with E-state index < -0.39 is 4.92 Å². The molecule has 0 bridgehead atoms. The van der Waals surface area contributed by atoms with Crippen molar-refractivity contribution in [2.75, 3.05) is 5.32 Å². The Morgan fingerprint density at radius 2 is 2.31 bits per heavy atom. The van der Waals surface area contributed by atoms with E-state index in [9.17, 15) is 10.1 Å². The van der Waals surface area contributed by atoms with Crippen LogP contribution in [0.4, 0.5) is 11.5 Å². The van der Waals surface area contributed by atoms with E-state index in [2.05, 4.69) is 10.3 Å². The Kier molecular flexibility index (Phi) is 3.00. The first-order valence-corrected chi connectivity index (χ1v) is 5.29. The van der Waals surface area contributed by atoms with Gasteiger partial charge in [-0.3, -0.25) is 10.1 Å². The molecule has 1 fully saturated rings. The lowest BCUT2D eigenvalue weighted by atomic mass is 10.2. The van der Waals surface area contributed by atoms with Crippen molar-refractivity contribution in [1.29, 1.82) is 0 Å². The summed E-state index contributed by atoms with van der Waals surface area (Å²) in [5.74, 6) is 0.646. The van der Waals surface area contributed by atoms with Gasteiger partial charge in [0.2, 0.25) is 0 Å². The average Bonchev–Trinajstić information content (AvgIpc) is 2.65. The molecule has 1 saturated carbocycles. The van der Waals surface area contributed by atoms with Crippen LogP contribution in [0.1, 0.15) is 19.3 Å². The molecule has 6 nitrogen and oxygen atoms in total. The van der Waals surface area contributed by atoms with E-state index >= 15 is 0 Å². The second-order valence-electron chi connectivity index (χ2n) is 4.00. The molecule has 0 amide bonds. The van der Waals surface area contributed by atoms with E-state index in [1.54, 1.807) is 6.07 Å². The third-order valence-electron chi connectivity index (χ3n) is 2.86. The van der Waals surface area contributed by atoms with Crippen molar-refractivity contribution in [3.63, 3.8) is 0 Å².